The molecule has 0 fully saturated rings. The Morgan fingerprint density at radius 2 is 2.00 bits per heavy atom. The Labute approximate surface area is 169 Å². The Morgan fingerprint density at radius 3 is 2.70 bits per heavy atom. The Balaban J connectivity index is 1.63. The molecule has 2 heterocycles. The number of amides is 1. The minimum Gasteiger partial charge on any atom is -0.497 e. The average molecular weight is 419 g/mol. The van der Waals surface area contributed by atoms with Crippen molar-refractivity contribution in [2.24, 2.45) is 0 Å². The molecule has 0 saturated heterocycles. The number of pyridine rings is 2. The molecule has 0 spiro atoms. The summed E-state index contributed by atoms with van der Waals surface area (Å²) in [4.78, 5) is 25.3. The molecule has 0 atom stereocenters. The topological polar surface area (TPSA) is 82.6 Å². The highest BCUT2D eigenvalue weighted by molar-refractivity contribution is 5.92. The SMILES string of the molecule is COc1ccc(F)c(CONC(=O)c2cccc(-c3ccc(OC(F)F)nc3)n2)c1. The van der Waals surface area contributed by atoms with Crippen molar-refractivity contribution in [1.29, 1.82) is 0 Å². The molecular formula is C20H16F3N3O4. The van der Waals surface area contributed by atoms with Gasteiger partial charge in [0.2, 0.25) is 5.88 Å². The van der Waals surface area contributed by atoms with Crippen LogP contribution < -0.4 is 15.0 Å². The molecule has 0 aliphatic rings. The Morgan fingerprint density at radius 1 is 1.17 bits per heavy atom. The van der Waals surface area contributed by atoms with Crippen molar-refractivity contribution in [2.45, 2.75) is 13.2 Å². The largest absolute Gasteiger partial charge is 0.497 e. The van der Waals surface area contributed by atoms with Crippen LogP contribution in [0.4, 0.5) is 13.2 Å². The molecule has 10 heteroatoms. The summed E-state index contributed by atoms with van der Waals surface area (Å²) in [6.07, 6.45) is 1.30. The summed E-state index contributed by atoms with van der Waals surface area (Å²) in [5.41, 5.74) is 3.31. The molecule has 2 aromatic heterocycles. The van der Waals surface area contributed by atoms with Gasteiger partial charge in [-0.2, -0.15) is 8.78 Å². The van der Waals surface area contributed by atoms with Gasteiger partial charge in [0, 0.05) is 23.4 Å². The molecule has 3 aromatic rings. The van der Waals surface area contributed by atoms with E-state index in [0.29, 0.717) is 17.0 Å². The van der Waals surface area contributed by atoms with E-state index in [-0.39, 0.29) is 23.7 Å². The molecule has 0 bridgehead atoms. The minimum atomic E-state index is -2.97. The number of hydrogen-bond acceptors (Lipinski definition) is 6. The first-order chi connectivity index (χ1) is 14.5. The fourth-order valence-electron chi connectivity index (χ4n) is 2.44. The quantitative estimate of drug-likeness (QED) is 0.560. The summed E-state index contributed by atoms with van der Waals surface area (Å²) in [6.45, 7) is -3.19. The van der Waals surface area contributed by atoms with Crippen LogP contribution in [0.25, 0.3) is 11.3 Å². The first-order valence-corrected chi connectivity index (χ1v) is 8.59. The van der Waals surface area contributed by atoms with Crippen molar-refractivity contribution in [2.75, 3.05) is 7.11 Å². The number of carbonyl (C=O) groups is 1. The van der Waals surface area contributed by atoms with E-state index in [1.807, 2.05) is 0 Å². The van der Waals surface area contributed by atoms with Crippen LogP contribution in [0.3, 0.4) is 0 Å². The smallest absolute Gasteiger partial charge is 0.388 e. The molecule has 1 amide bonds. The number of hydrogen-bond donors (Lipinski definition) is 1. The van der Waals surface area contributed by atoms with Gasteiger partial charge >= 0.3 is 6.61 Å². The lowest BCUT2D eigenvalue weighted by molar-refractivity contribution is -0.0528. The average Bonchev–Trinajstić information content (AvgIpc) is 2.75. The highest BCUT2D eigenvalue weighted by atomic mass is 19.3. The number of benzene rings is 1. The number of nitrogens with zero attached hydrogens (tertiary/aromatic N) is 2. The number of rotatable bonds is 8. The van der Waals surface area contributed by atoms with Gasteiger partial charge in [-0.25, -0.2) is 19.8 Å². The van der Waals surface area contributed by atoms with Gasteiger partial charge in [0.25, 0.3) is 5.91 Å². The second kappa shape index (κ2) is 9.70. The van der Waals surface area contributed by atoms with Crippen LogP contribution in [0, 0.1) is 5.82 Å². The molecule has 0 aliphatic carbocycles. The van der Waals surface area contributed by atoms with Crippen molar-refractivity contribution < 1.29 is 32.3 Å². The van der Waals surface area contributed by atoms with E-state index in [4.69, 9.17) is 9.57 Å². The number of nitrogens with one attached hydrogen (secondary N) is 1. The maximum atomic E-state index is 13.8. The van der Waals surface area contributed by atoms with Gasteiger partial charge < -0.3 is 9.47 Å². The number of ether oxygens (including phenoxy) is 2. The number of halogens is 3. The highest BCUT2D eigenvalue weighted by Crippen LogP contribution is 2.20. The lowest BCUT2D eigenvalue weighted by atomic mass is 10.2. The van der Waals surface area contributed by atoms with Gasteiger partial charge in [-0.3, -0.25) is 9.63 Å². The van der Waals surface area contributed by atoms with Crippen LogP contribution in [-0.4, -0.2) is 29.6 Å². The maximum absolute atomic E-state index is 13.8. The molecule has 0 saturated carbocycles. The fraction of sp³-hybridized carbons (Fsp3) is 0.150. The summed E-state index contributed by atoms with van der Waals surface area (Å²) >= 11 is 0. The summed E-state index contributed by atoms with van der Waals surface area (Å²) in [5.74, 6) is -0.933. The summed E-state index contributed by atoms with van der Waals surface area (Å²) < 4.78 is 47.4. The number of methoxy groups -OCH3 is 1. The van der Waals surface area contributed by atoms with Crippen LogP contribution in [-0.2, 0) is 11.4 Å². The lowest BCUT2D eigenvalue weighted by Crippen LogP contribution is -2.24. The zero-order valence-electron chi connectivity index (χ0n) is 15.6. The highest BCUT2D eigenvalue weighted by Gasteiger charge is 2.12. The number of alkyl halides is 2. The molecular weight excluding hydrogens is 403 g/mol. The van der Waals surface area contributed by atoms with Gasteiger partial charge in [0.15, 0.2) is 0 Å². The third kappa shape index (κ3) is 5.45. The molecule has 0 unspecified atom stereocenters. The molecule has 0 aliphatic heterocycles. The van der Waals surface area contributed by atoms with Crippen LogP contribution in [0.15, 0.2) is 54.7 Å². The zero-order valence-corrected chi connectivity index (χ0v) is 15.6. The first-order valence-electron chi connectivity index (χ1n) is 8.59. The third-order valence-electron chi connectivity index (χ3n) is 3.87. The Hall–Kier alpha value is -3.66. The van der Waals surface area contributed by atoms with Gasteiger partial charge in [0.1, 0.15) is 23.9 Å². The Kier molecular flexibility index (Phi) is 6.81. The first kappa shape index (κ1) is 21.1. The summed E-state index contributed by atoms with van der Waals surface area (Å²) in [6, 6.07) is 11.6. The predicted octanol–water partition coefficient (Wildman–Crippen LogP) is 3.75. The van der Waals surface area contributed by atoms with Gasteiger partial charge in [-0.05, 0) is 36.4 Å². The number of hydroxylamine groups is 1. The molecule has 0 radical (unpaired) electrons. The number of aromatic nitrogens is 2. The second-order valence-electron chi connectivity index (χ2n) is 5.85. The lowest BCUT2D eigenvalue weighted by Gasteiger charge is -2.09. The molecule has 7 nitrogen and oxygen atoms in total. The predicted molar refractivity (Wildman–Crippen MR) is 99.3 cm³/mol. The van der Waals surface area contributed by atoms with Crippen LogP contribution >= 0.6 is 0 Å². The van der Waals surface area contributed by atoms with Crippen molar-refractivity contribution in [3.05, 3.63) is 71.8 Å². The number of carbonyl (C=O) groups excluding carboxylic acids is 1. The van der Waals surface area contributed by atoms with Crippen LogP contribution in [0.5, 0.6) is 11.6 Å². The van der Waals surface area contributed by atoms with Crippen molar-refractivity contribution in [3.63, 3.8) is 0 Å². The normalized spacial score (nSPS) is 10.7. The standard InChI is InChI=1S/C20H16F3N3O4/c1-28-14-6-7-15(21)13(9-14)11-29-26-19(27)17-4-2-3-16(25-17)12-5-8-18(24-10-12)30-20(22)23/h2-10,20H,11H2,1H3,(H,26,27). The van der Waals surface area contributed by atoms with E-state index >= 15 is 0 Å². The van der Waals surface area contributed by atoms with Crippen molar-refractivity contribution in [3.8, 4) is 22.9 Å². The van der Waals surface area contributed by atoms with E-state index in [9.17, 15) is 18.0 Å². The molecule has 156 valence electrons. The van der Waals surface area contributed by atoms with E-state index in [2.05, 4.69) is 20.2 Å². The fourth-order valence-corrected chi connectivity index (χ4v) is 2.44. The van der Waals surface area contributed by atoms with Crippen molar-refractivity contribution >= 4 is 5.91 Å². The van der Waals surface area contributed by atoms with Crippen LogP contribution in [0.1, 0.15) is 16.1 Å². The molecule has 3 rings (SSSR count). The Bertz CT molecular complexity index is 1020. The molecule has 1 aromatic carbocycles. The summed E-state index contributed by atoms with van der Waals surface area (Å²) in [7, 11) is 1.45. The van der Waals surface area contributed by atoms with Gasteiger partial charge in [-0.15, -0.1) is 0 Å². The molecule has 1 N–H and O–H groups in total. The van der Waals surface area contributed by atoms with Crippen LogP contribution in [0.2, 0.25) is 0 Å². The maximum Gasteiger partial charge on any atom is 0.388 e. The minimum absolute atomic E-state index is 0.0338. The van der Waals surface area contributed by atoms with Crippen molar-refractivity contribution in [1.82, 2.24) is 15.4 Å². The van der Waals surface area contributed by atoms with E-state index in [1.54, 1.807) is 12.1 Å². The summed E-state index contributed by atoms with van der Waals surface area (Å²) in [5, 5.41) is 0. The second-order valence-corrected chi connectivity index (χ2v) is 5.85. The van der Waals surface area contributed by atoms with Gasteiger partial charge in [-0.1, -0.05) is 6.07 Å². The molecule has 30 heavy (non-hydrogen) atoms. The zero-order chi connectivity index (χ0) is 21.5. The van der Waals surface area contributed by atoms with E-state index in [0.717, 1.165) is 0 Å². The van der Waals surface area contributed by atoms with E-state index < -0.39 is 18.3 Å². The monoisotopic (exact) mass is 419 g/mol. The van der Waals surface area contributed by atoms with E-state index in [1.165, 1.54) is 49.7 Å². The van der Waals surface area contributed by atoms with Gasteiger partial charge in [0.05, 0.1) is 12.8 Å². The third-order valence-corrected chi connectivity index (χ3v) is 3.87.